The van der Waals surface area contributed by atoms with Crippen molar-refractivity contribution in [2.24, 2.45) is 5.41 Å². The molecule has 1 saturated carbocycles. The lowest BCUT2D eigenvalue weighted by molar-refractivity contribution is -0.140. The second kappa shape index (κ2) is 18.3. The second-order valence-corrected chi connectivity index (χ2v) is 16.2. The third-order valence-corrected chi connectivity index (χ3v) is 12.6. The van der Waals surface area contributed by atoms with Crippen LogP contribution in [0.15, 0.2) is 84.4 Å². The predicted molar refractivity (Wildman–Crippen MR) is 221 cm³/mol. The summed E-state index contributed by atoms with van der Waals surface area (Å²) >= 11 is 0. The van der Waals surface area contributed by atoms with Crippen LogP contribution in [-0.4, -0.2) is 73.5 Å². The van der Waals surface area contributed by atoms with E-state index in [0.717, 1.165) is 28.8 Å². The van der Waals surface area contributed by atoms with Gasteiger partial charge >= 0.3 is 0 Å². The number of nitrogens with zero attached hydrogens (tertiary/aromatic N) is 1. The number of aliphatic hydroxyl groups is 2. The number of ether oxygens (including phenoxy) is 4. The molecular formula is C48H55F2NO8. The minimum atomic E-state index is -1.44. The van der Waals surface area contributed by atoms with Crippen LogP contribution in [0.3, 0.4) is 0 Å². The Kier molecular flexibility index (Phi) is 13.5. The zero-order valence-corrected chi connectivity index (χ0v) is 34.8. The Morgan fingerprint density at radius 2 is 1.59 bits per heavy atom. The molecule has 2 N–H and O–H groups in total. The van der Waals surface area contributed by atoms with Crippen LogP contribution in [0.1, 0.15) is 96.5 Å². The van der Waals surface area contributed by atoms with E-state index in [9.17, 15) is 28.6 Å². The fourth-order valence-electron chi connectivity index (χ4n) is 9.00. The van der Waals surface area contributed by atoms with E-state index in [2.05, 4.69) is 6.08 Å². The quantitative estimate of drug-likeness (QED) is 0.108. The molecule has 3 aliphatic rings. The molecule has 3 aliphatic carbocycles. The summed E-state index contributed by atoms with van der Waals surface area (Å²) in [4.78, 5) is 30.7. The molecule has 0 saturated heterocycles. The summed E-state index contributed by atoms with van der Waals surface area (Å²) in [7, 11) is 6.21. The Morgan fingerprint density at radius 1 is 0.831 bits per heavy atom. The molecule has 0 heterocycles. The summed E-state index contributed by atoms with van der Waals surface area (Å²) in [5, 5.41) is 24.2. The molecule has 0 spiro atoms. The van der Waals surface area contributed by atoms with Crippen LogP contribution in [-0.2, 0) is 24.2 Å². The van der Waals surface area contributed by atoms with E-state index in [1.165, 1.54) is 13.2 Å². The van der Waals surface area contributed by atoms with Crippen molar-refractivity contribution in [3.05, 3.63) is 129 Å². The van der Waals surface area contributed by atoms with Crippen molar-refractivity contribution in [1.29, 1.82) is 0 Å². The maximum Gasteiger partial charge on any atom is 0.227 e. The number of methoxy groups -OCH3 is 4. The smallest absolute Gasteiger partial charge is 0.227 e. The van der Waals surface area contributed by atoms with Gasteiger partial charge in [0.1, 0.15) is 11.5 Å². The summed E-state index contributed by atoms with van der Waals surface area (Å²) in [5.41, 5.74) is 1.95. The molecule has 7 rings (SSSR count). The van der Waals surface area contributed by atoms with Gasteiger partial charge in [0.05, 0.1) is 53.1 Å². The molecule has 314 valence electrons. The summed E-state index contributed by atoms with van der Waals surface area (Å²) < 4.78 is 50.7. The number of carbonyl (C=O) groups is 2. The predicted octanol–water partition coefficient (Wildman–Crippen LogP) is 8.54. The van der Waals surface area contributed by atoms with E-state index in [1.807, 2.05) is 38.1 Å². The first-order valence-electron chi connectivity index (χ1n) is 20.1. The van der Waals surface area contributed by atoms with Crippen molar-refractivity contribution in [2.75, 3.05) is 35.0 Å². The zero-order valence-electron chi connectivity index (χ0n) is 34.8. The normalized spacial score (nSPS) is 21.8. The van der Waals surface area contributed by atoms with Gasteiger partial charge in [-0.05, 0) is 123 Å². The monoisotopic (exact) mass is 811 g/mol. The van der Waals surface area contributed by atoms with Crippen LogP contribution in [0, 0.1) is 17.0 Å². The molecule has 1 amide bonds. The van der Waals surface area contributed by atoms with Gasteiger partial charge in [-0.1, -0.05) is 36.8 Å². The van der Waals surface area contributed by atoms with Crippen molar-refractivity contribution in [2.45, 2.75) is 89.4 Å². The Morgan fingerprint density at radius 3 is 2.31 bits per heavy atom. The van der Waals surface area contributed by atoms with E-state index < -0.39 is 34.5 Å². The van der Waals surface area contributed by atoms with Crippen molar-refractivity contribution >= 4 is 11.7 Å². The van der Waals surface area contributed by atoms with Gasteiger partial charge < -0.3 is 34.1 Å². The third-order valence-electron chi connectivity index (χ3n) is 12.6. The fourth-order valence-corrected chi connectivity index (χ4v) is 9.00. The highest BCUT2D eigenvalue weighted by Gasteiger charge is 2.57. The Hall–Kier alpha value is -5.26. The van der Waals surface area contributed by atoms with E-state index in [4.69, 9.17) is 18.9 Å². The first-order chi connectivity index (χ1) is 28.2. The molecule has 1 fully saturated rings. The van der Waals surface area contributed by atoms with Crippen LogP contribution in [0.4, 0.5) is 8.78 Å². The van der Waals surface area contributed by atoms with Gasteiger partial charge in [0.2, 0.25) is 5.91 Å². The summed E-state index contributed by atoms with van der Waals surface area (Å²) in [6.07, 6.45) is 4.93. The lowest BCUT2D eigenvalue weighted by Crippen LogP contribution is -2.53. The highest BCUT2D eigenvalue weighted by atomic mass is 19.2. The molecule has 4 aromatic rings. The number of fused-ring (bicyclic) bond motifs is 8. The molecule has 4 aromatic carbocycles. The van der Waals surface area contributed by atoms with Gasteiger partial charge in [0, 0.05) is 34.7 Å². The van der Waals surface area contributed by atoms with E-state index in [1.54, 1.807) is 56.6 Å². The van der Waals surface area contributed by atoms with E-state index >= 15 is 0 Å². The van der Waals surface area contributed by atoms with Gasteiger partial charge in [0.15, 0.2) is 28.9 Å². The molecule has 0 radical (unpaired) electrons. The maximum absolute atomic E-state index is 14.6. The van der Waals surface area contributed by atoms with Crippen molar-refractivity contribution in [1.82, 2.24) is 4.90 Å². The Balaban J connectivity index is 1.44. The fraction of sp³-hybridized carbons (Fsp3) is 0.417. The van der Waals surface area contributed by atoms with Crippen LogP contribution in [0.25, 0.3) is 0 Å². The van der Waals surface area contributed by atoms with Crippen molar-refractivity contribution < 1.29 is 47.5 Å². The first-order valence-corrected chi connectivity index (χ1v) is 20.1. The molecule has 11 heteroatoms. The standard InChI is InChI=1S/C48H55F2NO8/c1-30-8-7-20-47(2)39(37-16-10-31(22-35(52)14-9-30)23-38(37)46(54)33-13-17-40(49)41(50)26-33)19-21-48(47,55)29-51(28-34-12-15-36(56-3)27-43(34)58-5)45(53)25-32-11-18-42(57-4)44(24-32)59-6/h8,10-13,15-18,23-24,26-27,35,39,52,55H,7,9,14,19-22,25,28-29H2,1-6H3/t35-,39-,47-,48+/m0/s1. The number of amides is 1. The molecule has 2 bridgehead atoms. The molecule has 59 heavy (non-hydrogen) atoms. The molecule has 0 aromatic heterocycles. The van der Waals surface area contributed by atoms with Crippen molar-refractivity contribution in [3.63, 3.8) is 0 Å². The lowest BCUT2D eigenvalue weighted by atomic mass is 9.64. The van der Waals surface area contributed by atoms with Crippen LogP contribution in [0.5, 0.6) is 23.0 Å². The highest BCUT2D eigenvalue weighted by Crippen LogP contribution is 2.59. The summed E-state index contributed by atoms with van der Waals surface area (Å²) in [5.74, 6) is -1.11. The van der Waals surface area contributed by atoms with Crippen LogP contribution >= 0.6 is 0 Å². The van der Waals surface area contributed by atoms with E-state index in [-0.39, 0.29) is 36.9 Å². The number of carbonyl (C=O) groups excluding carboxylic acids is 2. The van der Waals surface area contributed by atoms with Gasteiger partial charge in [-0.2, -0.15) is 0 Å². The molecule has 0 unspecified atom stereocenters. The van der Waals surface area contributed by atoms with Gasteiger partial charge in [-0.3, -0.25) is 9.59 Å². The largest absolute Gasteiger partial charge is 0.497 e. The summed E-state index contributed by atoms with van der Waals surface area (Å²) in [6, 6.07) is 19.4. The van der Waals surface area contributed by atoms with Crippen LogP contribution in [0.2, 0.25) is 0 Å². The lowest BCUT2D eigenvalue weighted by Gasteiger charge is -2.46. The number of hydrogen-bond donors (Lipinski definition) is 2. The number of benzene rings is 4. The molecule has 9 nitrogen and oxygen atoms in total. The van der Waals surface area contributed by atoms with Gasteiger partial charge in [-0.15, -0.1) is 0 Å². The molecular weight excluding hydrogens is 757 g/mol. The Labute approximate surface area is 345 Å². The minimum Gasteiger partial charge on any atom is -0.497 e. The van der Waals surface area contributed by atoms with Crippen LogP contribution < -0.4 is 18.9 Å². The first kappa shape index (κ1) is 43.3. The van der Waals surface area contributed by atoms with Crippen molar-refractivity contribution in [3.8, 4) is 23.0 Å². The number of hydrogen-bond acceptors (Lipinski definition) is 8. The van der Waals surface area contributed by atoms with Gasteiger partial charge in [-0.25, -0.2) is 8.78 Å². The Bertz CT molecular complexity index is 2210. The maximum atomic E-state index is 14.6. The van der Waals surface area contributed by atoms with E-state index in [0.29, 0.717) is 84.6 Å². The SMILES string of the molecule is COc1ccc(CN(C[C@]2(O)CC[C@H]3c4ccc(cc4C(=O)c4ccc(F)c(F)c4)C[C@@H](O)CCC(C)=CCC[C@@]32C)C(=O)Cc2ccc(OC)c(OC)c2)c(OC)c1. The number of allylic oxidation sites excluding steroid dienone is 2. The zero-order chi connectivity index (χ0) is 42.5. The topological polar surface area (TPSA) is 115 Å². The highest BCUT2D eigenvalue weighted by molar-refractivity contribution is 6.10. The average Bonchev–Trinajstić information content (AvgIpc) is 3.48. The molecule has 4 atom stereocenters. The third kappa shape index (κ3) is 9.31. The molecule has 0 aliphatic heterocycles. The average molecular weight is 812 g/mol. The number of aliphatic hydroxyl groups excluding tert-OH is 1. The summed E-state index contributed by atoms with van der Waals surface area (Å²) in [6.45, 7) is 4.18. The number of halogens is 2. The number of ketones is 1. The van der Waals surface area contributed by atoms with Gasteiger partial charge in [0.25, 0.3) is 0 Å². The number of rotatable bonds is 12. The minimum absolute atomic E-state index is 0.00198. The second-order valence-electron chi connectivity index (χ2n) is 16.2.